The van der Waals surface area contributed by atoms with E-state index in [-0.39, 0.29) is 0 Å². The van der Waals surface area contributed by atoms with Gasteiger partial charge in [-0.05, 0) is 44.3 Å². The highest BCUT2D eigenvalue weighted by Crippen LogP contribution is 2.26. The SMILES string of the molecule is CN(CCCNS(C)(=O)=O)Cc1cn(-c2ccccc2)nc1-c1ccc(Cl)cc1. The molecule has 0 aliphatic heterocycles. The second-order valence-electron chi connectivity index (χ2n) is 7.05. The van der Waals surface area contributed by atoms with E-state index < -0.39 is 10.0 Å². The van der Waals surface area contributed by atoms with Gasteiger partial charge in [0.25, 0.3) is 0 Å². The first-order valence-corrected chi connectivity index (χ1v) is 11.6. The van der Waals surface area contributed by atoms with Crippen LogP contribution >= 0.6 is 11.6 Å². The summed E-state index contributed by atoms with van der Waals surface area (Å²) in [6.07, 6.45) is 3.95. The van der Waals surface area contributed by atoms with Gasteiger partial charge in [-0.1, -0.05) is 41.9 Å². The number of sulfonamides is 1. The number of hydrogen-bond acceptors (Lipinski definition) is 4. The quantitative estimate of drug-likeness (QED) is 0.525. The lowest BCUT2D eigenvalue weighted by Gasteiger charge is -2.16. The summed E-state index contributed by atoms with van der Waals surface area (Å²) in [5.41, 5.74) is 4.00. The van der Waals surface area contributed by atoms with Gasteiger partial charge >= 0.3 is 0 Å². The average Bonchev–Trinajstić information content (AvgIpc) is 3.09. The van der Waals surface area contributed by atoms with E-state index in [1.807, 2.05) is 72.5 Å². The van der Waals surface area contributed by atoms with E-state index in [0.29, 0.717) is 18.1 Å². The van der Waals surface area contributed by atoms with Gasteiger partial charge in [-0.15, -0.1) is 0 Å². The van der Waals surface area contributed by atoms with E-state index in [1.54, 1.807) is 0 Å². The van der Waals surface area contributed by atoms with Crippen molar-refractivity contribution in [2.24, 2.45) is 0 Å². The zero-order chi connectivity index (χ0) is 20.9. The van der Waals surface area contributed by atoms with Crippen LogP contribution in [0, 0.1) is 0 Å². The molecule has 0 unspecified atom stereocenters. The highest BCUT2D eigenvalue weighted by atomic mass is 35.5. The lowest BCUT2D eigenvalue weighted by molar-refractivity contribution is 0.323. The maximum Gasteiger partial charge on any atom is 0.208 e. The maximum absolute atomic E-state index is 11.2. The Morgan fingerprint density at radius 3 is 2.45 bits per heavy atom. The molecule has 29 heavy (non-hydrogen) atoms. The number of halogens is 1. The standard InChI is InChI=1S/C21H25ClN4O2S/c1-25(14-6-13-23-29(2,27)28)15-18-16-26(20-7-4-3-5-8-20)24-21(18)17-9-11-19(22)12-10-17/h3-5,7-12,16,23H,6,13-15H2,1-2H3. The van der Waals surface area contributed by atoms with E-state index in [9.17, 15) is 8.42 Å². The van der Waals surface area contributed by atoms with Crippen LogP contribution in [0.2, 0.25) is 5.02 Å². The van der Waals surface area contributed by atoms with Crippen LogP contribution in [-0.2, 0) is 16.6 Å². The smallest absolute Gasteiger partial charge is 0.208 e. The minimum absolute atomic E-state index is 0.427. The minimum atomic E-state index is -3.15. The van der Waals surface area contributed by atoms with Gasteiger partial charge in [0.15, 0.2) is 0 Å². The van der Waals surface area contributed by atoms with Gasteiger partial charge < -0.3 is 4.90 Å². The van der Waals surface area contributed by atoms with Crippen molar-refractivity contribution in [1.29, 1.82) is 0 Å². The summed E-state index contributed by atoms with van der Waals surface area (Å²) in [6, 6.07) is 17.7. The third-order valence-electron chi connectivity index (χ3n) is 4.45. The molecule has 0 saturated heterocycles. The third-order valence-corrected chi connectivity index (χ3v) is 5.43. The van der Waals surface area contributed by atoms with Crippen molar-refractivity contribution in [2.45, 2.75) is 13.0 Å². The second-order valence-corrected chi connectivity index (χ2v) is 9.32. The Labute approximate surface area is 177 Å². The molecule has 1 N–H and O–H groups in total. The first-order chi connectivity index (χ1) is 13.8. The zero-order valence-electron chi connectivity index (χ0n) is 16.5. The van der Waals surface area contributed by atoms with Crippen molar-refractivity contribution in [3.63, 3.8) is 0 Å². The Kier molecular flexibility index (Phi) is 7.08. The predicted octanol–water partition coefficient (Wildman–Crippen LogP) is 3.56. The van der Waals surface area contributed by atoms with Crippen molar-refractivity contribution in [3.8, 4) is 16.9 Å². The van der Waals surface area contributed by atoms with E-state index in [0.717, 1.165) is 35.5 Å². The molecule has 3 aromatic rings. The zero-order valence-corrected chi connectivity index (χ0v) is 18.1. The molecule has 0 fully saturated rings. The van der Waals surface area contributed by atoms with Crippen LogP contribution in [0.15, 0.2) is 60.8 Å². The molecule has 0 spiro atoms. The van der Waals surface area contributed by atoms with Crippen LogP contribution in [0.1, 0.15) is 12.0 Å². The van der Waals surface area contributed by atoms with E-state index in [1.165, 1.54) is 6.26 Å². The summed E-state index contributed by atoms with van der Waals surface area (Å²) < 4.78 is 26.8. The molecule has 3 rings (SSSR count). The van der Waals surface area contributed by atoms with E-state index in [4.69, 9.17) is 16.7 Å². The van der Waals surface area contributed by atoms with Gasteiger partial charge in [-0.25, -0.2) is 17.8 Å². The molecule has 0 saturated carbocycles. The number of para-hydroxylation sites is 1. The summed E-state index contributed by atoms with van der Waals surface area (Å²) in [5.74, 6) is 0. The fourth-order valence-electron chi connectivity index (χ4n) is 3.07. The number of nitrogens with zero attached hydrogens (tertiary/aromatic N) is 3. The summed E-state index contributed by atoms with van der Waals surface area (Å²) in [7, 11) is -1.13. The fourth-order valence-corrected chi connectivity index (χ4v) is 3.71. The van der Waals surface area contributed by atoms with Crippen molar-refractivity contribution in [3.05, 3.63) is 71.4 Å². The molecule has 0 aliphatic carbocycles. The highest BCUT2D eigenvalue weighted by Gasteiger charge is 2.14. The number of nitrogens with one attached hydrogen (secondary N) is 1. The molecule has 6 nitrogen and oxygen atoms in total. The molecule has 2 aromatic carbocycles. The molecule has 8 heteroatoms. The molecule has 154 valence electrons. The van der Waals surface area contributed by atoms with Crippen LogP contribution in [0.5, 0.6) is 0 Å². The van der Waals surface area contributed by atoms with Crippen LogP contribution in [0.4, 0.5) is 0 Å². The van der Waals surface area contributed by atoms with Gasteiger partial charge in [0.05, 0.1) is 17.6 Å². The Bertz CT molecular complexity index is 1030. The summed E-state index contributed by atoms with van der Waals surface area (Å²) in [5, 5.41) is 5.51. The Morgan fingerprint density at radius 2 is 1.79 bits per heavy atom. The van der Waals surface area contributed by atoms with Gasteiger partial charge in [-0.3, -0.25) is 0 Å². The lowest BCUT2D eigenvalue weighted by Crippen LogP contribution is -2.27. The minimum Gasteiger partial charge on any atom is -0.302 e. The van der Waals surface area contributed by atoms with Crippen LogP contribution in [0.3, 0.4) is 0 Å². The average molecular weight is 433 g/mol. The second kappa shape index (κ2) is 9.54. The first kappa shape index (κ1) is 21.5. The van der Waals surface area contributed by atoms with Crippen LogP contribution in [-0.4, -0.2) is 49.5 Å². The van der Waals surface area contributed by atoms with Gasteiger partial charge in [0.2, 0.25) is 10.0 Å². The normalized spacial score (nSPS) is 11.9. The molecule has 0 bridgehead atoms. The Hall–Kier alpha value is -2.19. The fraction of sp³-hybridized carbons (Fsp3) is 0.286. The van der Waals surface area contributed by atoms with Crippen LogP contribution < -0.4 is 4.72 Å². The van der Waals surface area contributed by atoms with E-state index >= 15 is 0 Å². The molecule has 0 atom stereocenters. The lowest BCUT2D eigenvalue weighted by atomic mass is 10.1. The van der Waals surface area contributed by atoms with Gasteiger partial charge in [0.1, 0.15) is 0 Å². The summed E-state index contributed by atoms with van der Waals surface area (Å²) >= 11 is 6.04. The van der Waals surface area contributed by atoms with Crippen molar-refractivity contribution in [1.82, 2.24) is 19.4 Å². The van der Waals surface area contributed by atoms with Crippen LogP contribution in [0.25, 0.3) is 16.9 Å². The molecule has 1 aromatic heterocycles. The first-order valence-electron chi connectivity index (χ1n) is 9.35. The molecular weight excluding hydrogens is 408 g/mol. The molecule has 0 amide bonds. The van der Waals surface area contributed by atoms with E-state index in [2.05, 4.69) is 9.62 Å². The van der Waals surface area contributed by atoms with Crippen molar-refractivity contribution >= 4 is 21.6 Å². The molecular formula is C21H25ClN4O2S. The summed E-state index contributed by atoms with van der Waals surface area (Å²) in [6.45, 7) is 1.89. The molecule has 0 radical (unpaired) electrons. The Balaban J connectivity index is 1.78. The number of aromatic nitrogens is 2. The van der Waals surface area contributed by atoms with Crippen molar-refractivity contribution < 1.29 is 8.42 Å². The molecule has 1 heterocycles. The topological polar surface area (TPSA) is 67.2 Å². The number of benzene rings is 2. The van der Waals surface area contributed by atoms with Gasteiger partial charge in [-0.2, -0.15) is 5.10 Å². The highest BCUT2D eigenvalue weighted by molar-refractivity contribution is 7.88. The monoisotopic (exact) mass is 432 g/mol. The largest absolute Gasteiger partial charge is 0.302 e. The maximum atomic E-state index is 11.2. The predicted molar refractivity (Wildman–Crippen MR) is 118 cm³/mol. The molecule has 0 aliphatic rings. The number of rotatable bonds is 9. The van der Waals surface area contributed by atoms with Gasteiger partial charge in [0, 0.05) is 35.4 Å². The Morgan fingerprint density at radius 1 is 1.10 bits per heavy atom. The number of hydrogen-bond donors (Lipinski definition) is 1. The third kappa shape index (κ3) is 6.40. The van der Waals surface area contributed by atoms with Crippen molar-refractivity contribution in [2.75, 3.05) is 26.4 Å². The summed E-state index contributed by atoms with van der Waals surface area (Å²) in [4.78, 5) is 2.16.